The lowest BCUT2D eigenvalue weighted by Crippen LogP contribution is -2.27. The van der Waals surface area contributed by atoms with Crippen LogP contribution in [0.4, 0.5) is 0 Å². The Balaban J connectivity index is 1.99. The molecule has 21 heavy (non-hydrogen) atoms. The van der Waals surface area contributed by atoms with E-state index >= 15 is 0 Å². The molecule has 0 unspecified atom stereocenters. The fourth-order valence-corrected chi connectivity index (χ4v) is 2.17. The van der Waals surface area contributed by atoms with Gasteiger partial charge < -0.3 is 10.2 Å². The van der Waals surface area contributed by atoms with Gasteiger partial charge in [-0.05, 0) is 50.3 Å². The standard InChI is InChI=1S/C18H22N2O/c1-20(2)13-7-12-19-18(21)17-11-6-10-16(14-17)15-8-4-3-5-9-15/h3-6,8-11,14H,7,12-13H2,1-2H3,(H,19,21). The first kappa shape index (κ1) is 15.3. The van der Waals surface area contributed by atoms with Crippen LogP contribution in [0.25, 0.3) is 11.1 Å². The van der Waals surface area contributed by atoms with E-state index < -0.39 is 0 Å². The molecule has 0 aliphatic carbocycles. The summed E-state index contributed by atoms with van der Waals surface area (Å²) in [7, 11) is 4.07. The Morgan fingerprint density at radius 2 is 1.71 bits per heavy atom. The van der Waals surface area contributed by atoms with Crippen molar-refractivity contribution in [2.45, 2.75) is 6.42 Å². The van der Waals surface area contributed by atoms with Gasteiger partial charge in [0.2, 0.25) is 0 Å². The zero-order valence-electron chi connectivity index (χ0n) is 12.7. The Morgan fingerprint density at radius 3 is 2.43 bits per heavy atom. The minimum absolute atomic E-state index is 0.00784. The minimum Gasteiger partial charge on any atom is -0.352 e. The van der Waals surface area contributed by atoms with Gasteiger partial charge in [-0.1, -0.05) is 42.5 Å². The third-order valence-electron chi connectivity index (χ3n) is 3.30. The van der Waals surface area contributed by atoms with E-state index in [1.165, 1.54) is 0 Å². The highest BCUT2D eigenvalue weighted by Gasteiger charge is 2.06. The summed E-state index contributed by atoms with van der Waals surface area (Å²) in [6.45, 7) is 1.68. The molecule has 1 amide bonds. The smallest absolute Gasteiger partial charge is 0.251 e. The fraction of sp³-hybridized carbons (Fsp3) is 0.278. The highest BCUT2D eigenvalue weighted by atomic mass is 16.1. The molecule has 0 atom stereocenters. The van der Waals surface area contributed by atoms with Crippen LogP contribution in [0.2, 0.25) is 0 Å². The largest absolute Gasteiger partial charge is 0.352 e. The van der Waals surface area contributed by atoms with Gasteiger partial charge in [-0.2, -0.15) is 0 Å². The normalized spacial score (nSPS) is 10.6. The van der Waals surface area contributed by atoms with Crippen LogP contribution >= 0.6 is 0 Å². The lowest BCUT2D eigenvalue weighted by atomic mass is 10.0. The molecule has 0 bridgehead atoms. The van der Waals surface area contributed by atoms with Crippen molar-refractivity contribution in [3.05, 3.63) is 60.2 Å². The van der Waals surface area contributed by atoms with Gasteiger partial charge in [-0.3, -0.25) is 4.79 Å². The molecule has 0 fully saturated rings. The SMILES string of the molecule is CN(C)CCCNC(=O)c1cccc(-c2ccccc2)c1. The first-order valence-electron chi connectivity index (χ1n) is 7.25. The molecule has 2 aromatic carbocycles. The molecule has 110 valence electrons. The molecular formula is C18H22N2O. The predicted molar refractivity (Wildman–Crippen MR) is 87.4 cm³/mol. The Kier molecular flexibility index (Phi) is 5.52. The third-order valence-corrected chi connectivity index (χ3v) is 3.30. The van der Waals surface area contributed by atoms with Crippen LogP contribution in [0.3, 0.4) is 0 Å². The Bertz CT molecular complexity index is 579. The summed E-state index contributed by atoms with van der Waals surface area (Å²) >= 11 is 0. The molecule has 0 spiro atoms. The van der Waals surface area contributed by atoms with Gasteiger partial charge in [0.05, 0.1) is 0 Å². The van der Waals surface area contributed by atoms with E-state index in [9.17, 15) is 4.79 Å². The van der Waals surface area contributed by atoms with Crippen molar-refractivity contribution >= 4 is 5.91 Å². The van der Waals surface area contributed by atoms with Crippen molar-refractivity contribution < 1.29 is 4.79 Å². The van der Waals surface area contributed by atoms with Crippen molar-refractivity contribution in [2.24, 2.45) is 0 Å². The second-order valence-corrected chi connectivity index (χ2v) is 5.36. The molecule has 2 aromatic rings. The Morgan fingerprint density at radius 1 is 1.00 bits per heavy atom. The molecule has 3 nitrogen and oxygen atoms in total. The van der Waals surface area contributed by atoms with Crippen molar-refractivity contribution in [1.29, 1.82) is 0 Å². The summed E-state index contributed by atoms with van der Waals surface area (Å²) < 4.78 is 0. The van der Waals surface area contributed by atoms with Crippen LogP contribution in [-0.2, 0) is 0 Å². The molecule has 0 saturated carbocycles. The molecule has 0 aliphatic heterocycles. The topological polar surface area (TPSA) is 32.3 Å². The number of nitrogens with one attached hydrogen (secondary N) is 1. The van der Waals surface area contributed by atoms with Gasteiger partial charge >= 0.3 is 0 Å². The highest BCUT2D eigenvalue weighted by molar-refractivity contribution is 5.95. The molecule has 0 aliphatic rings. The Labute approximate surface area is 126 Å². The zero-order valence-corrected chi connectivity index (χ0v) is 12.7. The summed E-state index contributed by atoms with van der Waals surface area (Å²) in [6, 6.07) is 17.8. The summed E-state index contributed by atoms with van der Waals surface area (Å²) in [5, 5.41) is 2.97. The molecule has 0 heterocycles. The van der Waals surface area contributed by atoms with Gasteiger partial charge in [-0.25, -0.2) is 0 Å². The van der Waals surface area contributed by atoms with E-state index in [0.717, 1.165) is 24.1 Å². The first-order chi connectivity index (χ1) is 10.2. The van der Waals surface area contributed by atoms with Crippen molar-refractivity contribution in [1.82, 2.24) is 10.2 Å². The average Bonchev–Trinajstić information content (AvgIpc) is 2.52. The van der Waals surface area contributed by atoms with Crippen LogP contribution in [0, 0.1) is 0 Å². The Hall–Kier alpha value is -2.13. The molecule has 0 radical (unpaired) electrons. The molecule has 3 heteroatoms. The lowest BCUT2D eigenvalue weighted by Gasteiger charge is -2.10. The van der Waals surface area contributed by atoms with Crippen molar-refractivity contribution in [3.8, 4) is 11.1 Å². The second-order valence-electron chi connectivity index (χ2n) is 5.36. The van der Waals surface area contributed by atoms with Crippen molar-refractivity contribution in [2.75, 3.05) is 27.2 Å². The fourth-order valence-electron chi connectivity index (χ4n) is 2.17. The highest BCUT2D eigenvalue weighted by Crippen LogP contribution is 2.19. The molecule has 2 rings (SSSR count). The first-order valence-corrected chi connectivity index (χ1v) is 7.25. The van der Waals surface area contributed by atoms with Crippen LogP contribution in [0.5, 0.6) is 0 Å². The second kappa shape index (κ2) is 7.60. The summed E-state index contributed by atoms with van der Waals surface area (Å²) in [5.41, 5.74) is 2.90. The summed E-state index contributed by atoms with van der Waals surface area (Å²) in [5.74, 6) is -0.00784. The quantitative estimate of drug-likeness (QED) is 0.826. The van der Waals surface area contributed by atoms with Gasteiger partial charge in [0.15, 0.2) is 0 Å². The molecule has 0 saturated heterocycles. The van der Waals surface area contributed by atoms with Crippen LogP contribution < -0.4 is 5.32 Å². The van der Waals surface area contributed by atoms with E-state index in [0.29, 0.717) is 12.1 Å². The number of rotatable bonds is 6. The van der Waals surface area contributed by atoms with Gasteiger partial charge in [0.25, 0.3) is 5.91 Å². The number of hydrogen-bond acceptors (Lipinski definition) is 2. The monoisotopic (exact) mass is 282 g/mol. The zero-order chi connectivity index (χ0) is 15.1. The predicted octanol–water partition coefficient (Wildman–Crippen LogP) is 3.04. The maximum absolute atomic E-state index is 12.1. The van der Waals surface area contributed by atoms with Gasteiger partial charge in [0, 0.05) is 12.1 Å². The van der Waals surface area contributed by atoms with Crippen LogP contribution in [0.15, 0.2) is 54.6 Å². The number of amides is 1. The number of hydrogen-bond donors (Lipinski definition) is 1. The van der Waals surface area contributed by atoms with E-state index in [2.05, 4.69) is 10.2 Å². The molecular weight excluding hydrogens is 260 g/mol. The number of nitrogens with zero attached hydrogens (tertiary/aromatic N) is 1. The van der Waals surface area contributed by atoms with Crippen LogP contribution in [0.1, 0.15) is 16.8 Å². The maximum Gasteiger partial charge on any atom is 0.251 e. The number of carbonyl (C=O) groups excluding carboxylic acids is 1. The van der Waals surface area contributed by atoms with E-state index in [1.54, 1.807) is 0 Å². The molecule has 0 aromatic heterocycles. The molecule has 1 N–H and O–H groups in total. The minimum atomic E-state index is -0.00784. The number of carbonyl (C=O) groups is 1. The lowest BCUT2D eigenvalue weighted by molar-refractivity contribution is 0.0952. The van der Waals surface area contributed by atoms with Crippen molar-refractivity contribution in [3.63, 3.8) is 0 Å². The van der Waals surface area contributed by atoms with E-state index in [4.69, 9.17) is 0 Å². The van der Waals surface area contributed by atoms with E-state index in [-0.39, 0.29) is 5.91 Å². The average molecular weight is 282 g/mol. The number of benzene rings is 2. The summed E-state index contributed by atoms with van der Waals surface area (Å²) in [6.07, 6.45) is 0.955. The summed E-state index contributed by atoms with van der Waals surface area (Å²) in [4.78, 5) is 14.3. The van der Waals surface area contributed by atoms with Gasteiger partial charge in [0.1, 0.15) is 0 Å². The van der Waals surface area contributed by atoms with Gasteiger partial charge in [-0.15, -0.1) is 0 Å². The maximum atomic E-state index is 12.1. The third kappa shape index (κ3) is 4.72. The van der Waals surface area contributed by atoms with E-state index in [1.807, 2.05) is 68.7 Å². The van der Waals surface area contributed by atoms with Crippen LogP contribution in [-0.4, -0.2) is 38.0 Å².